The summed E-state index contributed by atoms with van der Waals surface area (Å²) in [6.07, 6.45) is 0. The molecule has 2 rings (SSSR count). The SMILES string of the molecule is COC(=O)c1c(C)c(C(=O)CN(C)C(=O)c2ccc(OC)cc2)c(C)n1C. The second-order valence-electron chi connectivity index (χ2n) is 6.30. The Morgan fingerprint density at radius 3 is 2.19 bits per heavy atom. The number of carbonyl (C=O) groups excluding carboxylic acids is 3. The number of benzene rings is 1. The lowest BCUT2D eigenvalue weighted by molar-refractivity contribution is 0.0588. The Labute approximate surface area is 158 Å². The number of ketones is 1. The molecule has 144 valence electrons. The molecule has 27 heavy (non-hydrogen) atoms. The summed E-state index contributed by atoms with van der Waals surface area (Å²) in [6.45, 7) is 3.37. The van der Waals surface area contributed by atoms with Gasteiger partial charge in [-0.3, -0.25) is 9.59 Å². The van der Waals surface area contributed by atoms with E-state index in [2.05, 4.69) is 0 Å². The highest BCUT2D eigenvalue weighted by Crippen LogP contribution is 2.23. The van der Waals surface area contributed by atoms with E-state index in [1.54, 1.807) is 63.9 Å². The molecule has 0 aliphatic heterocycles. The number of hydrogen-bond acceptors (Lipinski definition) is 5. The van der Waals surface area contributed by atoms with Crippen molar-refractivity contribution in [1.82, 2.24) is 9.47 Å². The van der Waals surface area contributed by atoms with Crippen LogP contribution in [0.3, 0.4) is 0 Å². The van der Waals surface area contributed by atoms with E-state index in [-0.39, 0.29) is 18.2 Å². The van der Waals surface area contributed by atoms with E-state index in [0.717, 1.165) is 0 Å². The standard InChI is InChI=1S/C20H24N2O5/c1-12-17(13(2)22(4)18(12)20(25)27-6)16(23)11-21(3)19(24)14-7-9-15(26-5)10-8-14/h7-10H,11H2,1-6H3. The highest BCUT2D eigenvalue weighted by molar-refractivity contribution is 6.05. The molecule has 0 fully saturated rings. The summed E-state index contributed by atoms with van der Waals surface area (Å²) in [6, 6.07) is 6.68. The Morgan fingerprint density at radius 1 is 1.07 bits per heavy atom. The highest BCUT2D eigenvalue weighted by Gasteiger charge is 2.26. The number of likely N-dealkylation sites (N-methyl/N-ethyl adjacent to an activating group) is 1. The first-order chi connectivity index (χ1) is 12.7. The van der Waals surface area contributed by atoms with Crippen LogP contribution in [0.25, 0.3) is 0 Å². The lowest BCUT2D eigenvalue weighted by atomic mass is 10.0. The van der Waals surface area contributed by atoms with E-state index < -0.39 is 5.97 Å². The molecule has 1 aromatic heterocycles. The number of nitrogens with zero attached hydrogens (tertiary/aromatic N) is 2. The number of amides is 1. The van der Waals surface area contributed by atoms with Crippen molar-refractivity contribution in [3.05, 3.63) is 52.3 Å². The molecule has 0 saturated heterocycles. The van der Waals surface area contributed by atoms with Crippen LogP contribution in [0.15, 0.2) is 24.3 Å². The fourth-order valence-corrected chi connectivity index (χ4v) is 3.09. The molecule has 7 nitrogen and oxygen atoms in total. The maximum Gasteiger partial charge on any atom is 0.354 e. The normalized spacial score (nSPS) is 10.4. The van der Waals surface area contributed by atoms with Crippen molar-refractivity contribution < 1.29 is 23.9 Å². The smallest absolute Gasteiger partial charge is 0.354 e. The molecule has 7 heteroatoms. The van der Waals surface area contributed by atoms with Crippen molar-refractivity contribution in [3.63, 3.8) is 0 Å². The van der Waals surface area contributed by atoms with Crippen molar-refractivity contribution in [2.45, 2.75) is 13.8 Å². The maximum atomic E-state index is 12.8. The van der Waals surface area contributed by atoms with Crippen molar-refractivity contribution in [3.8, 4) is 5.75 Å². The topological polar surface area (TPSA) is 77.8 Å². The lowest BCUT2D eigenvalue weighted by Crippen LogP contribution is -2.32. The van der Waals surface area contributed by atoms with Crippen LogP contribution < -0.4 is 4.74 Å². The number of ether oxygens (including phenoxy) is 2. The third-order valence-corrected chi connectivity index (χ3v) is 4.65. The molecule has 0 radical (unpaired) electrons. The minimum atomic E-state index is -0.500. The van der Waals surface area contributed by atoms with Gasteiger partial charge in [-0.15, -0.1) is 0 Å². The first-order valence-electron chi connectivity index (χ1n) is 8.39. The number of hydrogen-bond donors (Lipinski definition) is 0. The van der Waals surface area contributed by atoms with Crippen LogP contribution in [0.5, 0.6) is 5.75 Å². The number of Topliss-reactive ketones (excluding diaryl/α,β-unsaturated/α-hetero) is 1. The number of aromatic nitrogens is 1. The zero-order chi connectivity index (χ0) is 20.3. The second-order valence-corrected chi connectivity index (χ2v) is 6.30. The van der Waals surface area contributed by atoms with Gasteiger partial charge >= 0.3 is 5.97 Å². The molecule has 0 aliphatic carbocycles. The van der Waals surface area contributed by atoms with Gasteiger partial charge in [0.05, 0.1) is 20.8 Å². The Kier molecular flexibility index (Phi) is 6.05. The van der Waals surface area contributed by atoms with Gasteiger partial charge in [-0.25, -0.2) is 4.79 Å². The second kappa shape index (κ2) is 8.07. The van der Waals surface area contributed by atoms with Crippen LogP contribution >= 0.6 is 0 Å². The van der Waals surface area contributed by atoms with Crippen molar-refractivity contribution in [2.24, 2.45) is 7.05 Å². The van der Waals surface area contributed by atoms with Gasteiger partial charge in [0.1, 0.15) is 11.4 Å². The fraction of sp³-hybridized carbons (Fsp3) is 0.350. The first kappa shape index (κ1) is 20.2. The van der Waals surface area contributed by atoms with Gasteiger partial charge in [-0.1, -0.05) is 0 Å². The average Bonchev–Trinajstić information content (AvgIpc) is 2.89. The Hall–Kier alpha value is -3.09. The number of rotatable bonds is 6. The fourth-order valence-electron chi connectivity index (χ4n) is 3.09. The summed E-state index contributed by atoms with van der Waals surface area (Å²) in [7, 11) is 6.12. The summed E-state index contributed by atoms with van der Waals surface area (Å²) in [5.74, 6) is -0.360. The van der Waals surface area contributed by atoms with Gasteiger partial charge < -0.3 is 18.9 Å². The quantitative estimate of drug-likeness (QED) is 0.575. The third kappa shape index (κ3) is 3.86. The zero-order valence-electron chi connectivity index (χ0n) is 16.5. The molecule has 0 spiro atoms. The highest BCUT2D eigenvalue weighted by atomic mass is 16.5. The summed E-state index contributed by atoms with van der Waals surface area (Å²) in [4.78, 5) is 38.7. The van der Waals surface area contributed by atoms with Crippen LogP contribution in [0.1, 0.15) is 42.5 Å². The molecule has 0 N–H and O–H groups in total. The summed E-state index contributed by atoms with van der Waals surface area (Å²) in [5.41, 5.74) is 2.44. The molecule has 2 aromatic rings. The first-order valence-corrected chi connectivity index (χ1v) is 8.39. The molecule has 1 amide bonds. The molecular weight excluding hydrogens is 348 g/mol. The Balaban J connectivity index is 2.23. The molecule has 0 saturated carbocycles. The van der Waals surface area contributed by atoms with E-state index in [9.17, 15) is 14.4 Å². The van der Waals surface area contributed by atoms with Gasteiger partial charge in [0.2, 0.25) is 0 Å². The van der Waals surface area contributed by atoms with Crippen molar-refractivity contribution >= 4 is 17.7 Å². The Bertz CT molecular complexity index is 881. The van der Waals surface area contributed by atoms with Crippen LogP contribution in [-0.2, 0) is 11.8 Å². The zero-order valence-corrected chi connectivity index (χ0v) is 16.5. The number of methoxy groups -OCH3 is 2. The molecule has 0 atom stereocenters. The van der Waals surface area contributed by atoms with Gasteiger partial charge in [-0.05, 0) is 43.7 Å². The summed E-state index contributed by atoms with van der Waals surface area (Å²) >= 11 is 0. The maximum absolute atomic E-state index is 12.8. The van der Waals surface area contributed by atoms with Gasteiger partial charge in [-0.2, -0.15) is 0 Å². The number of carbonyl (C=O) groups is 3. The minimum absolute atomic E-state index is 0.100. The minimum Gasteiger partial charge on any atom is -0.497 e. The molecule has 0 unspecified atom stereocenters. The van der Waals surface area contributed by atoms with Gasteiger partial charge in [0.15, 0.2) is 5.78 Å². The van der Waals surface area contributed by atoms with Crippen molar-refractivity contribution in [1.29, 1.82) is 0 Å². The predicted octanol–water partition coefficient (Wildman–Crippen LogP) is 2.39. The lowest BCUT2D eigenvalue weighted by Gasteiger charge is -2.17. The molecular formula is C20H24N2O5. The van der Waals surface area contributed by atoms with E-state index >= 15 is 0 Å². The van der Waals surface area contributed by atoms with Crippen LogP contribution in [0.4, 0.5) is 0 Å². The monoisotopic (exact) mass is 372 g/mol. The van der Waals surface area contributed by atoms with Crippen LogP contribution in [-0.4, -0.2) is 54.9 Å². The molecule has 1 aromatic carbocycles. The molecule has 0 aliphatic rings. The Morgan fingerprint density at radius 2 is 1.67 bits per heavy atom. The largest absolute Gasteiger partial charge is 0.497 e. The van der Waals surface area contributed by atoms with E-state index in [1.807, 2.05) is 0 Å². The van der Waals surface area contributed by atoms with Gasteiger partial charge in [0, 0.05) is 30.9 Å². The molecule has 0 bridgehead atoms. The van der Waals surface area contributed by atoms with E-state index in [1.165, 1.54) is 12.0 Å². The summed E-state index contributed by atoms with van der Waals surface area (Å²) < 4.78 is 11.5. The van der Waals surface area contributed by atoms with Crippen molar-refractivity contribution in [2.75, 3.05) is 27.8 Å². The number of esters is 1. The van der Waals surface area contributed by atoms with Gasteiger partial charge in [0.25, 0.3) is 5.91 Å². The predicted molar refractivity (Wildman–Crippen MR) is 101 cm³/mol. The average molecular weight is 372 g/mol. The van der Waals surface area contributed by atoms with Crippen LogP contribution in [0, 0.1) is 13.8 Å². The third-order valence-electron chi connectivity index (χ3n) is 4.65. The molecule has 1 heterocycles. The summed E-state index contributed by atoms with van der Waals surface area (Å²) in [5, 5.41) is 0. The van der Waals surface area contributed by atoms with E-state index in [4.69, 9.17) is 9.47 Å². The van der Waals surface area contributed by atoms with Crippen LogP contribution in [0.2, 0.25) is 0 Å². The van der Waals surface area contributed by atoms with E-state index in [0.29, 0.717) is 33.8 Å².